The van der Waals surface area contributed by atoms with Gasteiger partial charge < -0.3 is 19.3 Å². The molecule has 1 aromatic carbocycles. The molecule has 0 radical (unpaired) electrons. The van der Waals surface area contributed by atoms with E-state index in [0.717, 1.165) is 5.56 Å². The minimum atomic E-state index is -0.929. The fraction of sp³-hybridized carbons (Fsp3) is 0.571. The first-order valence-electron chi connectivity index (χ1n) is 6.97. The zero-order chi connectivity index (χ0) is 15.5. The summed E-state index contributed by atoms with van der Waals surface area (Å²) in [6.45, 7) is 0.321. The largest absolute Gasteiger partial charge is 0.390 e. The van der Waals surface area contributed by atoms with Crippen LogP contribution < -0.4 is 0 Å². The van der Waals surface area contributed by atoms with Gasteiger partial charge in [0.05, 0.1) is 12.7 Å². The Kier molecular flexibility index (Phi) is 4.87. The van der Waals surface area contributed by atoms with Crippen molar-refractivity contribution in [2.45, 2.75) is 36.1 Å². The highest BCUT2D eigenvalue weighted by Crippen LogP contribution is 2.37. The molecule has 0 aromatic heterocycles. The second-order valence-electron chi connectivity index (χ2n) is 5.14. The van der Waals surface area contributed by atoms with Gasteiger partial charge in [0.1, 0.15) is 23.7 Å². The van der Waals surface area contributed by atoms with Crippen molar-refractivity contribution in [3.8, 4) is 0 Å². The standard InChI is InChI=1S/C14H17N3O4S/c1-22-14-10(16-17-15)11(18)12-9(20-14)7-19-13(21-12)8-5-3-2-4-6-8/h2-6,9-14,18H,7H2,1H3/t9?,10-,11+,12-,13?,14?/m0/s1. The van der Waals surface area contributed by atoms with Crippen molar-refractivity contribution in [2.24, 2.45) is 5.11 Å². The van der Waals surface area contributed by atoms with Crippen molar-refractivity contribution in [2.75, 3.05) is 12.9 Å². The van der Waals surface area contributed by atoms with E-state index in [-0.39, 0.29) is 6.10 Å². The third-order valence-corrected chi connectivity index (χ3v) is 4.68. The molecule has 2 heterocycles. The van der Waals surface area contributed by atoms with Crippen LogP contribution in [0.15, 0.2) is 35.4 Å². The van der Waals surface area contributed by atoms with Crippen LogP contribution in [-0.4, -0.2) is 47.8 Å². The van der Waals surface area contributed by atoms with Gasteiger partial charge in [-0.1, -0.05) is 35.4 Å². The molecule has 3 rings (SSSR count). The van der Waals surface area contributed by atoms with Gasteiger partial charge in [0.2, 0.25) is 0 Å². The molecule has 6 atom stereocenters. The maximum Gasteiger partial charge on any atom is 0.184 e. The van der Waals surface area contributed by atoms with Crippen molar-refractivity contribution >= 4 is 11.8 Å². The van der Waals surface area contributed by atoms with E-state index in [1.54, 1.807) is 0 Å². The number of thioether (sulfide) groups is 1. The van der Waals surface area contributed by atoms with Crippen LogP contribution in [0.4, 0.5) is 0 Å². The van der Waals surface area contributed by atoms with E-state index in [9.17, 15) is 5.11 Å². The summed E-state index contributed by atoms with van der Waals surface area (Å²) < 4.78 is 17.4. The number of hydrogen-bond acceptors (Lipinski definition) is 6. The van der Waals surface area contributed by atoms with Crippen LogP contribution in [0, 0.1) is 0 Å². The minimum absolute atomic E-state index is 0.321. The number of aliphatic hydroxyl groups excluding tert-OH is 1. The van der Waals surface area contributed by atoms with E-state index >= 15 is 0 Å². The summed E-state index contributed by atoms with van der Waals surface area (Å²) in [5, 5.41) is 14.2. The minimum Gasteiger partial charge on any atom is -0.390 e. The first-order valence-corrected chi connectivity index (χ1v) is 8.26. The first kappa shape index (κ1) is 15.6. The van der Waals surface area contributed by atoms with Crippen molar-refractivity contribution in [3.05, 3.63) is 46.3 Å². The van der Waals surface area contributed by atoms with Crippen molar-refractivity contribution in [1.29, 1.82) is 0 Å². The Morgan fingerprint density at radius 1 is 1.32 bits per heavy atom. The Morgan fingerprint density at radius 3 is 2.77 bits per heavy atom. The van der Waals surface area contributed by atoms with Gasteiger partial charge in [0.25, 0.3) is 0 Å². The smallest absolute Gasteiger partial charge is 0.184 e. The third kappa shape index (κ3) is 2.94. The van der Waals surface area contributed by atoms with Gasteiger partial charge >= 0.3 is 0 Å². The zero-order valence-corrected chi connectivity index (χ0v) is 12.8. The van der Waals surface area contributed by atoms with E-state index < -0.39 is 30.0 Å². The highest BCUT2D eigenvalue weighted by atomic mass is 32.2. The first-order chi connectivity index (χ1) is 10.7. The maximum atomic E-state index is 10.5. The summed E-state index contributed by atoms with van der Waals surface area (Å²) in [7, 11) is 0. The van der Waals surface area contributed by atoms with Gasteiger partial charge in [0.15, 0.2) is 6.29 Å². The van der Waals surface area contributed by atoms with Gasteiger partial charge in [-0.05, 0) is 11.8 Å². The number of hydrogen-bond donors (Lipinski definition) is 1. The predicted octanol–water partition coefficient (Wildman–Crippen LogP) is 2.23. The SMILES string of the molecule is CSC1OC2COC(c3ccccc3)O[C@@H]2[C@H](O)[C@@H]1N=[N+]=[N-]. The van der Waals surface area contributed by atoms with Crippen LogP contribution in [0.2, 0.25) is 0 Å². The Labute approximate surface area is 132 Å². The van der Waals surface area contributed by atoms with E-state index in [1.165, 1.54) is 11.8 Å². The maximum absolute atomic E-state index is 10.5. The lowest BCUT2D eigenvalue weighted by molar-refractivity contribution is -0.305. The Morgan fingerprint density at radius 2 is 2.09 bits per heavy atom. The lowest BCUT2D eigenvalue weighted by atomic mass is 9.97. The number of rotatable bonds is 3. The number of aliphatic hydroxyl groups is 1. The van der Waals surface area contributed by atoms with E-state index in [2.05, 4.69) is 10.0 Å². The highest BCUT2D eigenvalue weighted by molar-refractivity contribution is 7.99. The number of azide groups is 1. The fourth-order valence-corrected chi connectivity index (χ4v) is 3.48. The molecule has 0 amide bonds. The summed E-state index contributed by atoms with van der Waals surface area (Å²) in [4.78, 5) is 2.81. The van der Waals surface area contributed by atoms with E-state index in [1.807, 2.05) is 36.6 Å². The fourth-order valence-electron chi connectivity index (χ4n) is 2.73. The van der Waals surface area contributed by atoms with E-state index in [0.29, 0.717) is 6.61 Å². The Hall–Kier alpha value is -1.28. The average molecular weight is 323 g/mol. The lowest BCUT2D eigenvalue weighted by Crippen LogP contribution is -2.60. The monoisotopic (exact) mass is 323 g/mol. The quantitative estimate of drug-likeness (QED) is 0.522. The molecule has 3 unspecified atom stereocenters. The molecule has 7 nitrogen and oxygen atoms in total. The number of benzene rings is 1. The van der Waals surface area contributed by atoms with Crippen molar-refractivity contribution < 1.29 is 19.3 Å². The summed E-state index contributed by atoms with van der Waals surface area (Å²) in [5.74, 6) is 0. The molecule has 0 saturated carbocycles. The molecule has 2 saturated heterocycles. The Bertz CT molecular complexity index is 554. The van der Waals surface area contributed by atoms with Crippen LogP contribution >= 0.6 is 11.8 Å². The van der Waals surface area contributed by atoms with Crippen LogP contribution in [0.5, 0.6) is 0 Å². The van der Waals surface area contributed by atoms with Crippen LogP contribution in [-0.2, 0) is 14.2 Å². The average Bonchev–Trinajstić information content (AvgIpc) is 2.58. The number of nitrogens with zero attached hydrogens (tertiary/aromatic N) is 3. The van der Waals surface area contributed by atoms with Crippen LogP contribution in [0.25, 0.3) is 10.4 Å². The molecule has 2 aliphatic heterocycles. The third-order valence-electron chi connectivity index (χ3n) is 3.82. The second-order valence-corrected chi connectivity index (χ2v) is 6.08. The van der Waals surface area contributed by atoms with Crippen molar-refractivity contribution in [1.82, 2.24) is 0 Å². The van der Waals surface area contributed by atoms with E-state index in [4.69, 9.17) is 19.7 Å². The normalized spacial score (nSPS) is 37.9. The molecule has 1 N–H and O–H groups in total. The molecule has 22 heavy (non-hydrogen) atoms. The number of ether oxygens (including phenoxy) is 3. The molecule has 0 aliphatic carbocycles. The van der Waals surface area contributed by atoms with Crippen LogP contribution in [0.3, 0.4) is 0 Å². The molecule has 0 bridgehead atoms. The summed E-state index contributed by atoms with van der Waals surface area (Å²) in [6, 6.07) is 8.82. The Balaban J connectivity index is 1.79. The lowest BCUT2D eigenvalue weighted by Gasteiger charge is -2.46. The van der Waals surface area contributed by atoms with Gasteiger partial charge in [-0.25, -0.2) is 0 Å². The van der Waals surface area contributed by atoms with Crippen molar-refractivity contribution in [3.63, 3.8) is 0 Å². The molecule has 8 heteroatoms. The zero-order valence-electron chi connectivity index (χ0n) is 12.0. The summed E-state index contributed by atoms with van der Waals surface area (Å²) in [6.07, 6.45) is -0.606. The molecular weight excluding hydrogens is 306 g/mol. The summed E-state index contributed by atoms with van der Waals surface area (Å²) >= 11 is 1.39. The topological polar surface area (TPSA) is 96.7 Å². The summed E-state index contributed by atoms with van der Waals surface area (Å²) in [5.41, 5.74) is 9.16. The van der Waals surface area contributed by atoms with Gasteiger partial charge in [-0.2, -0.15) is 0 Å². The van der Waals surface area contributed by atoms with Gasteiger partial charge in [0, 0.05) is 10.5 Å². The molecule has 0 spiro atoms. The second kappa shape index (κ2) is 6.87. The van der Waals surface area contributed by atoms with Gasteiger partial charge in [-0.3, -0.25) is 0 Å². The predicted molar refractivity (Wildman–Crippen MR) is 81.1 cm³/mol. The molecule has 1 aromatic rings. The van der Waals surface area contributed by atoms with Gasteiger partial charge in [-0.15, -0.1) is 11.8 Å². The molecule has 118 valence electrons. The molecular formula is C14H17N3O4S. The van der Waals surface area contributed by atoms with Crippen LogP contribution in [0.1, 0.15) is 11.9 Å². The number of fused-ring (bicyclic) bond motifs is 1. The molecule has 2 aliphatic rings. The highest BCUT2D eigenvalue weighted by Gasteiger charge is 2.48. The molecule has 2 fully saturated rings.